The van der Waals surface area contributed by atoms with E-state index >= 15 is 0 Å². The van der Waals surface area contributed by atoms with E-state index in [1.165, 1.54) is 4.90 Å². The molecule has 1 unspecified atom stereocenters. The van der Waals surface area contributed by atoms with Crippen LogP contribution < -0.4 is 0 Å². The fourth-order valence-corrected chi connectivity index (χ4v) is 2.96. The number of furan rings is 1. The smallest absolute Gasteiger partial charge is 0.308 e. The molecular weight excluding hydrogens is 358 g/mol. The maximum atomic E-state index is 13.0. The molecule has 0 saturated heterocycles. The van der Waals surface area contributed by atoms with Gasteiger partial charge in [-0.1, -0.05) is 30.7 Å². The Balaban J connectivity index is 2.28. The third-order valence-electron chi connectivity index (χ3n) is 4.23. The van der Waals surface area contributed by atoms with E-state index in [1.54, 1.807) is 26.0 Å². The second-order valence-electron chi connectivity index (χ2n) is 6.21. The molecule has 2 rings (SSSR count). The molecule has 1 N–H and O–H groups in total. The number of hydrogen-bond donors (Lipinski definition) is 1. The summed E-state index contributed by atoms with van der Waals surface area (Å²) in [4.78, 5) is 25.8. The minimum absolute atomic E-state index is 0.102. The van der Waals surface area contributed by atoms with Crippen molar-refractivity contribution in [3.63, 3.8) is 0 Å². The van der Waals surface area contributed by atoms with Crippen LogP contribution >= 0.6 is 11.6 Å². The number of hydrogen-bond acceptors (Lipinski definition) is 4. The number of benzene rings is 1. The summed E-state index contributed by atoms with van der Waals surface area (Å²) >= 11 is 6.16. The van der Waals surface area contributed by atoms with Crippen LogP contribution in [0.3, 0.4) is 0 Å². The van der Waals surface area contributed by atoms with E-state index in [0.717, 1.165) is 5.39 Å². The summed E-state index contributed by atoms with van der Waals surface area (Å²) in [7, 11) is 0. The first-order valence-electron chi connectivity index (χ1n) is 8.64. The van der Waals surface area contributed by atoms with E-state index in [4.69, 9.17) is 20.8 Å². The van der Waals surface area contributed by atoms with Gasteiger partial charge in [0, 0.05) is 37.3 Å². The average molecular weight is 382 g/mol. The third kappa shape index (κ3) is 4.56. The standard InChI is InChI=1S/C19H24ClNO5/c1-4-25-10-6-9-21(11-12(2)19(23)24)18(22)16-13(3)14-7-5-8-15(20)17(14)26-16/h5,7-8,12H,4,6,9-11H2,1-3H3,(H,23,24). The normalized spacial score (nSPS) is 12.3. The van der Waals surface area contributed by atoms with Crippen molar-refractivity contribution >= 4 is 34.4 Å². The van der Waals surface area contributed by atoms with Gasteiger partial charge in [-0.15, -0.1) is 0 Å². The van der Waals surface area contributed by atoms with Crippen molar-refractivity contribution in [2.24, 2.45) is 5.92 Å². The molecule has 0 spiro atoms. The Bertz CT molecular complexity index is 786. The highest BCUT2D eigenvalue weighted by molar-refractivity contribution is 6.35. The summed E-state index contributed by atoms with van der Waals surface area (Å²) in [5.41, 5.74) is 1.17. The van der Waals surface area contributed by atoms with Crippen LogP contribution in [0.15, 0.2) is 22.6 Å². The molecule has 2 aromatic rings. The topological polar surface area (TPSA) is 80.0 Å². The molecule has 1 amide bonds. The van der Waals surface area contributed by atoms with Crippen LogP contribution in [0.4, 0.5) is 0 Å². The van der Waals surface area contributed by atoms with Gasteiger partial charge in [-0.3, -0.25) is 9.59 Å². The highest BCUT2D eigenvalue weighted by atomic mass is 35.5. The lowest BCUT2D eigenvalue weighted by Gasteiger charge is -2.24. The molecule has 26 heavy (non-hydrogen) atoms. The van der Waals surface area contributed by atoms with Gasteiger partial charge in [-0.25, -0.2) is 0 Å². The Labute approximate surface area is 157 Å². The first kappa shape index (κ1) is 20.3. The van der Waals surface area contributed by atoms with Crippen LogP contribution in [0.1, 0.15) is 36.4 Å². The molecule has 1 aromatic heterocycles. The van der Waals surface area contributed by atoms with Crippen molar-refractivity contribution in [2.45, 2.75) is 27.2 Å². The number of carboxylic acids is 1. The van der Waals surface area contributed by atoms with E-state index < -0.39 is 11.9 Å². The zero-order valence-corrected chi connectivity index (χ0v) is 16.0. The SMILES string of the molecule is CCOCCCN(CC(C)C(=O)O)C(=O)c1oc2c(Cl)cccc2c1C. The number of aliphatic carboxylic acids is 1. The second-order valence-corrected chi connectivity index (χ2v) is 6.62. The van der Waals surface area contributed by atoms with Gasteiger partial charge >= 0.3 is 5.97 Å². The summed E-state index contributed by atoms with van der Waals surface area (Å²) in [5.74, 6) is -1.77. The summed E-state index contributed by atoms with van der Waals surface area (Å²) in [5, 5.41) is 10.4. The van der Waals surface area contributed by atoms with Gasteiger partial charge in [0.25, 0.3) is 5.91 Å². The van der Waals surface area contributed by atoms with Crippen molar-refractivity contribution in [1.29, 1.82) is 0 Å². The molecule has 7 heteroatoms. The molecule has 1 atom stereocenters. The first-order valence-corrected chi connectivity index (χ1v) is 9.02. The molecule has 0 saturated carbocycles. The number of halogens is 1. The molecule has 0 radical (unpaired) electrons. The Morgan fingerprint density at radius 2 is 2.12 bits per heavy atom. The highest BCUT2D eigenvalue weighted by Crippen LogP contribution is 2.31. The Morgan fingerprint density at radius 1 is 1.38 bits per heavy atom. The molecule has 6 nitrogen and oxygen atoms in total. The number of carbonyl (C=O) groups excluding carboxylic acids is 1. The van der Waals surface area contributed by atoms with Crippen molar-refractivity contribution in [1.82, 2.24) is 4.90 Å². The van der Waals surface area contributed by atoms with Crippen molar-refractivity contribution in [3.8, 4) is 0 Å². The number of carbonyl (C=O) groups is 2. The summed E-state index contributed by atoms with van der Waals surface area (Å²) < 4.78 is 11.1. The minimum Gasteiger partial charge on any atom is -0.481 e. The molecule has 142 valence electrons. The van der Waals surface area contributed by atoms with Crippen LogP contribution in [0.2, 0.25) is 5.02 Å². The van der Waals surface area contributed by atoms with Crippen molar-refractivity contribution in [3.05, 3.63) is 34.5 Å². The van der Waals surface area contributed by atoms with E-state index in [2.05, 4.69) is 0 Å². The van der Waals surface area contributed by atoms with Gasteiger partial charge in [0.1, 0.15) is 0 Å². The van der Waals surface area contributed by atoms with Crippen LogP contribution in [-0.4, -0.2) is 48.2 Å². The number of amides is 1. The zero-order chi connectivity index (χ0) is 19.3. The van der Waals surface area contributed by atoms with Gasteiger partial charge in [0.2, 0.25) is 0 Å². The van der Waals surface area contributed by atoms with E-state index in [9.17, 15) is 14.7 Å². The van der Waals surface area contributed by atoms with Gasteiger partial charge in [-0.05, 0) is 26.3 Å². The highest BCUT2D eigenvalue weighted by Gasteiger charge is 2.26. The lowest BCUT2D eigenvalue weighted by molar-refractivity contribution is -0.141. The summed E-state index contributed by atoms with van der Waals surface area (Å²) in [6.07, 6.45) is 0.617. The van der Waals surface area contributed by atoms with Gasteiger partial charge < -0.3 is 19.2 Å². The number of carboxylic acid groups (broad SMARTS) is 1. The lowest BCUT2D eigenvalue weighted by Crippen LogP contribution is -2.38. The number of rotatable bonds is 9. The van der Waals surface area contributed by atoms with Crippen LogP contribution in [-0.2, 0) is 9.53 Å². The van der Waals surface area contributed by atoms with Gasteiger partial charge in [0.05, 0.1) is 10.9 Å². The minimum atomic E-state index is -0.947. The molecule has 1 heterocycles. The Kier molecular flexibility index (Phi) is 7.06. The molecule has 0 aliphatic heterocycles. The largest absolute Gasteiger partial charge is 0.481 e. The molecule has 0 bridgehead atoms. The number of fused-ring (bicyclic) bond motifs is 1. The number of para-hydroxylation sites is 1. The Morgan fingerprint density at radius 3 is 2.73 bits per heavy atom. The zero-order valence-electron chi connectivity index (χ0n) is 15.3. The maximum absolute atomic E-state index is 13.0. The number of aryl methyl sites for hydroxylation is 1. The summed E-state index contributed by atoms with van der Waals surface area (Å²) in [6, 6.07) is 5.34. The second kappa shape index (κ2) is 9.05. The molecule has 1 aromatic carbocycles. The number of ether oxygens (including phenoxy) is 1. The predicted octanol–water partition coefficient (Wildman–Crippen LogP) is 3.98. The van der Waals surface area contributed by atoms with E-state index in [-0.39, 0.29) is 18.2 Å². The Hall–Kier alpha value is -2.05. The maximum Gasteiger partial charge on any atom is 0.308 e. The monoisotopic (exact) mass is 381 g/mol. The van der Waals surface area contributed by atoms with Gasteiger partial charge in [-0.2, -0.15) is 0 Å². The molecule has 0 fully saturated rings. The molecule has 0 aliphatic rings. The fourth-order valence-electron chi connectivity index (χ4n) is 2.74. The number of nitrogens with zero attached hydrogens (tertiary/aromatic N) is 1. The van der Waals surface area contributed by atoms with E-state index in [0.29, 0.717) is 42.3 Å². The van der Waals surface area contributed by atoms with E-state index in [1.807, 2.05) is 13.0 Å². The lowest BCUT2D eigenvalue weighted by atomic mass is 10.1. The first-order chi connectivity index (χ1) is 12.4. The van der Waals surface area contributed by atoms with Crippen LogP contribution in [0, 0.1) is 12.8 Å². The average Bonchev–Trinajstić information content (AvgIpc) is 2.95. The van der Waals surface area contributed by atoms with Crippen molar-refractivity contribution in [2.75, 3.05) is 26.3 Å². The quantitative estimate of drug-likeness (QED) is 0.664. The molecular formula is C19H24ClNO5. The fraction of sp³-hybridized carbons (Fsp3) is 0.474. The van der Waals surface area contributed by atoms with Crippen LogP contribution in [0.5, 0.6) is 0 Å². The summed E-state index contributed by atoms with van der Waals surface area (Å²) in [6.45, 7) is 6.87. The molecule has 0 aliphatic carbocycles. The van der Waals surface area contributed by atoms with Gasteiger partial charge in [0.15, 0.2) is 11.3 Å². The van der Waals surface area contributed by atoms with Crippen molar-refractivity contribution < 1.29 is 23.8 Å². The third-order valence-corrected chi connectivity index (χ3v) is 4.53. The predicted molar refractivity (Wildman–Crippen MR) is 99.8 cm³/mol. The van der Waals surface area contributed by atoms with Crippen LogP contribution in [0.25, 0.3) is 11.0 Å².